The third-order valence-electron chi connectivity index (χ3n) is 2.46. The zero-order valence-corrected chi connectivity index (χ0v) is 10.4. The molecule has 0 aromatic heterocycles. The second-order valence-corrected chi connectivity index (χ2v) is 4.18. The van der Waals surface area contributed by atoms with Crippen molar-refractivity contribution < 1.29 is 9.66 Å². The van der Waals surface area contributed by atoms with Crippen LogP contribution in [0.1, 0.15) is 12.5 Å². The average molecular weight is 238 g/mol. The quantitative estimate of drug-likeness (QED) is 0.609. The molecule has 1 atom stereocenters. The van der Waals surface area contributed by atoms with Crippen LogP contribution in [-0.2, 0) is 0 Å². The summed E-state index contributed by atoms with van der Waals surface area (Å²) in [6, 6.07) is 4.66. The number of nitro groups is 1. The van der Waals surface area contributed by atoms with Crippen LogP contribution in [0, 0.1) is 23.0 Å². The molecule has 0 radical (unpaired) electrons. The monoisotopic (exact) mass is 238 g/mol. The zero-order valence-electron chi connectivity index (χ0n) is 10.4. The second-order valence-electron chi connectivity index (χ2n) is 4.18. The molecule has 1 unspecified atom stereocenters. The average Bonchev–Trinajstić information content (AvgIpc) is 2.28. The van der Waals surface area contributed by atoms with Gasteiger partial charge in [0.15, 0.2) is 0 Å². The molecule has 94 valence electrons. The van der Waals surface area contributed by atoms with Crippen LogP contribution in [0.25, 0.3) is 0 Å². The fraction of sp³-hybridized carbons (Fsp3) is 0.500. The number of benzene rings is 1. The molecule has 0 aliphatic carbocycles. The highest BCUT2D eigenvalue weighted by atomic mass is 16.6. The van der Waals surface area contributed by atoms with Crippen LogP contribution in [0.15, 0.2) is 18.2 Å². The minimum Gasteiger partial charge on any atom is -0.493 e. The summed E-state index contributed by atoms with van der Waals surface area (Å²) in [5.74, 6) is 0.945. The molecule has 5 nitrogen and oxygen atoms in total. The van der Waals surface area contributed by atoms with Crippen LogP contribution < -0.4 is 10.1 Å². The van der Waals surface area contributed by atoms with E-state index in [0.29, 0.717) is 18.3 Å². The fourth-order valence-corrected chi connectivity index (χ4v) is 1.50. The van der Waals surface area contributed by atoms with Gasteiger partial charge in [-0.3, -0.25) is 10.1 Å². The number of ether oxygens (including phenoxy) is 1. The van der Waals surface area contributed by atoms with Crippen molar-refractivity contribution in [1.82, 2.24) is 5.32 Å². The van der Waals surface area contributed by atoms with Crippen LogP contribution in [-0.4, -0.2) is 25.1 Å². The molecule has 17 heavy (non-hydrogen) atoms. The zero-order chi connectivity index (χ0) is 12.8. The van der Waals surface area contributed by atoms with Crippen molar-refractivity contribution in [2.75, 3.05) is 20.2 Å². The van der Waals surface area contributed by atoms with E-state index in [1.54, 1.807) is 6.07 Å². The summed E-state index contributed by atoms with van der Waals surface area (Å²) in [7, 11) is 1.88. The molecule has 1 N–H and O–H groups in total. The van der Waals surface area contributed by atoms with Gasteiger partial charge in [0.25, 0.3) is 5.69 Å². The Labute approximate surface area is 101 Å². The number of nitro benzene ring substituents is 1. The maximum absolute atomic E-state index is 10.6. The predicted octanol–water partition coefficient (Wildman–Crippen LogP) is 2.14. The fourth-order valence-electron chi connectivity index (χ4n) is 1.50. The Morgan fingerprint density at radius 1 is 1.53 bits per heavy atom. The smallest absolute Gasteiger partial charge is 0.273 e. The lowest BCUT2D eigenvalue weighted by Crippen LogP contribution is -2.21. The van der Waals surface area contributed by atoms with E-state index in [2.05, 4.69) is 12.2 Å². The van der Waals surface area contributed by atoms with E-state index in [1.165, 1.54) is 12.1 Å². The SMILES string of the molecule is CNCC(C)COc1cc([N+](=O)[O-])ccc1C. The van der Waals surface area contributed by atoms with Gasteiger partial charge in [0.05, 0.1) is 17.6 Å². The maximum Gasteiger partial charge on any atom is 0.273 e. The van der Waals surface area contributed by atoms with Crippen molar-refractivity contribution in [3.8, 4) is 5.75 Å². The summed E-state index contributed by atoms with van der Waals surface area (Å²) in [6.07, 6.45) is 0. The van der Waals surface area contributed by atoms with E-state index >= 15 is 0 Å². The van der Waals surface area contributed by atoms with Gasteiger partial charge in [0, 0.05) is 18.5 Å². The number of nitrogens with one attached hydrogen (secondary N) is 1. The van der Waals surface area contributed by atoms with Crippen molar-refractivity contribution in [3.63, 3.8) is 0 Å². The molecule has 0 aliphatic heterocycles. The summed E-state index contributed by atoms with van der Waals surface area (Å²) < 4.78 is 5.60. The molecular weight excluding hydrogens is 220 g/mol. The summed E-state index contributed by atoms with van der Waals surface area (Å²) in [6.45, 7) is 5.34. The molecule has 0 aliphatic rings. The number of non-ortho nitro benzene ring substituents is 1. The predicted molar refractivity (Wildman–Crippen MR) is 66.4 cm³/mol. The highest BCUT2D eigenvalue weighted by molar-refractivity contribution is 5.43. The first-order valence-electron chi connectivity index (χ1n) is 5.57. The molecular formula is C12H18N2O3. The van der Waals surface area contributed by atoms with E-state index in [9.17, 15) is 10.1 Å². The Morgan fingerprint density at radius 3 is 2.82 bits per heavy atom. The minimum atomic E-state index is -0.413. The molecule has 0 saturated heterocycles. The number of aryl methyl sites for hydroxylation is 1. The van der Waals surface area contributed by atoms with E-state index in [4.69, 9.17) is 4.74 Å². The van der Waals surface area contributed by atoms with Gasteiger partial charge in [-0.1, -0.05) is 6.92 Å². The molecule has 1 rings (SSSR count). The number of hydrogen-bond donors (Lipinski definition) is 1. The van der Waals surface area contributed by atoms with Gasteiger partial charge >= 0.3 is 0 Å². The molecule has 0 bridgehead atoms. The molecule has 5 heteroatoms. The van der Waals surface area contributed by atoms with E-state index < -0.39 is 4.92 Å². The number of rotatable bonds is 6. The van der Waals surface area contributed by atoms with Gasteiger partial charge in [-0.15, -0.1) is 0 Å². The molecule has 0 heterocycles. The van der Waals surface area contributed by atoms with Gasteiger partial charge in [-0.05, 0) is 25.6 Å². The van der Waals surface area contributed by atoms with E-state index in [-0.39, 0.29) is 5.69 Å². The third-order valence-corrected chi connectivity index (χ3v) is 2.46. The van der Waals surface area contributed by atoms with Crippen molar-refractivity contribution in [1.29, 1.82) is 0 Å². The molecule has 1 aromatic carbocycles. The van der Waals surface area contributed by atoms with Gasteiger partial charge in [0.2, 0.25) is 0 Å². The Kier molecular flexibility index (Phi) is 4.90. The molecule has 0 saturated carbocycles. The topological polar surface area (TPSA) is 64.4 Å². The first kappa shape index (κ1) is 13.4. The largest absolute Gasteiger partial charge is 0.493 e. The van der Waals surface area contributed by atoms with Gasteiger partial charge in [-0.2, -0.15) is 0 Å². The highest BCUT2D eigenvalue weighted by Gasteiger charge is 2.10. The number of hydrogen-bond acceptors (Lipinski definition) is 4. The van der Waals surface area contributed by atoms with Crippen LogP contribution in [0.3, 0.4) is 0 Å². The summed E-state index contributed by atoms with van der Waals surface area (Å²) in [4.78, 5) is 10.2. The first-order chi connectivity index (χ1) is 8.04. The Bertz CT molecular complexity index is 393. The molecule has 0 fully saturated rings. The Hall–Kier alpha value is -1.62. The summed E-state index contributed by atoms with van der Waals surface area (Å²) in [5, 5.41) is 13.7. The lowest BCUT2D eigenvalue weighted by molar-refractivity contribution is -0.385. The van der Waals surface area contributed by atoms with Crippen molar-refractivity contribution >= 4 is 5.69 Å². The highest BCUT2D eigenvalue weighted by Crippen LogP contribution is 2.24. The lowest BCUT2D eigenvalue weighted by Gasteiger charge is -2.13. The first-order valence-corrected chi connectivity index (χ1v) is 5.57. The minimum absolute atomic E-state index is 0.0619. The molecule has 0 amide bonds. The lowest BCUT2D eigenvalue weighted by atomic mass is 10.2. The molecule has 1 aromatic rings. The van der Waals surface area contributed by atoms with Crippen molar-refractivity contribution in [2.24, 2.45) is 5.92 Å². The Balaban J connectivity index is 2.69. The normalized spacial score (nSPS) is 12.2. The van der Waals surface area contributed by atoms with Gasteiger partial charge < -0.3 is 10.1 Å². The standard InChI is InChI=1S/C12H18N2O3/c1-9(7-13-3)8-17-12-6-11(14(15)16)5-4-10(12)2/h4-6,9,13H,7-8H2,1-3H3. The third kappa shape index (κ3) is 4.03. The number of nitrogens with zero attached hydrogens (tertiary/aromatic N) is 1. The van der Waals surface area contributed by atoms with Crippen LogP contribution in [0.2, 0.25) is 0 Å². The van der Waals surface area contributed by atoms with Crippen LogP contribution in [0.5, 0.6) is 5.75 Å². The maximum atomic E-state index is 10.6. The summed E-state index contributed by atoms with van der Waals surface area (Å²) >= 11 is 0. The van der Waals surface area contributed by atoms with E-state index in [0.717, 1.165) is 12.1 Å². The van der Waals surface area contributed by atoms with Gasteiger partial charge in [-0.25, -0.2) is 0 Å². The van der Waals surface area contributed by atoms with Crippen LogP contribution in [0.4, 0.5) is 5.69 Å². The van der Waals surface area contributed by atoms with Crippen LogP contribution >= 0.6 is 0 Å². The molecule has 0 spiro atoms. The van der Waals surface area contributed by atoms with Gasteiger partial charge in [0.1, 0.15) is 5.75 Å². The summed E-state index contributed by atoms with van der Waals surface area (Å²) in [5.41, 5.74) is 0.971. The van der Waals surface area contributed by atoms with Crippen molar-refractivity contribution in [2.45, 2.75) is 13.8 Å². The van der Waals surface area contributed by atoms with E-state index in [1.807, 2.05) is 14.0 Å². The van der Waals surface area contributed by atoms with Crippen molar-refractivity contribution in [3.05, 3.63) is 33.9 Å². The second kappa shape index (κ2) is 6.20. The Morgan fingerprint density at radius 2 is 2.24 bits per heavy atom.